The van der Waals surface area contributed by atoms with E-state index in [1.54, 1.807) is 6.07 Å². The summed E-state index contributed by atoms with van der Waals surface area (Å²) < 4.78 is 32.0. The number of benzene rings is 2. The maximum Gasteiger partial charge on any atom is 0.270 e. The molecular weight excluding hydrogens is 310 g/mol. The van der Waals surface area contributed by atoms with Gasteiger partial charge in [-0.1, -0.05) is 6.07 Å². The van der Waals surface area contributed by atoms with Gasteiger partial charge in [-0.3, -0.25) is 14.8 Å². The summed E-state index contributed by atoms with van der Waals surface area (Å²) in [6, 6.07) is 9.42. The Balaban J connectivity index is 1.95. The molecule has 2 aromatic carbocycles. The standard InChI is InChI=1S/C13H9N3O5S/c17-16(18)10-2-1-3-11(7-10)22(19,20)15-9-4-5-12-13(6-9)21-8-14-12/h1-8,15H. The number of oxazole rings is 1. The van der Waals surface area contributed by atoms with Gasteiger partial charge in [0.1, 0.15) is 5.52 Å². The van der Waals surface area contributed by atoms with Gasteiger partial charge < -0.3 is 4.42 Å². The van der Waals surface area contributed by atoms with Crippen LogP contribution in [0.15, 0.2) is 58.2 Å². The van der Waals surface area contributed by atoms with Gasteiger partial charge in [0.25, 0.3) is 15.7 Å². The lowest BCUT2D eigenvalue weighted by atomic mass is 10.3. The van der Waals surface area contributed by atoms with Gasteiger partial charge in [0.2, 0.25) is 0 Å². The number of nitrogens with zero attached hydrogens (tertiary/aromatic N) is 2. The minimum atomic E-state index is -3.94. The Hall–Kier alpha value is -2.94. The van der Waals surface area contributed by atoms with Crippen molar-refractivity contribution < 1.29 is 17.8 Å². The predicted octanol–water partition coefficient (Wildman–Crippen LogP) is 2.54. The number of hydrogen-bond acceptors (Lipinski definition) is 6. The summed E-state index contributed by atoms with van der Waals surface area (Å²) in [6.07, 6.45) is 1.25. The van der Waals surface area contributed by atoms with E-state index in [2.05, 4.69) is 9.71 Å². The molecule has 112 valence electrons. The second kappa shape index (κ2) is 5.11. The lowest BCUT2D eigenvalue weighted by molar-refractivity contribution is -0.385. The number of aromatic nitrogens is 1. The molecule has 0 unspecified atom stereocenters. The number of sulfonamides is 1. The molecule has 0 aliphatic rings. The van der Waals surface area contributed by atoms with Crippen LogP contribution in [0, 0.1) is 10.1 Å². The molecule has 1 heterocycles. The van der Waals surface area contributed by atoms with E-state index in [0.717, 1.165) is 6.07 Å². The second-order valence-electron chi connectivity index (χ2n) is 4.39. The van der Waals surface area contributed by atoms with E-state index in [-0.39, 0.29) is 16.3 Å². The molecule has 0 saturated carbocycles. The topological polar surface area (TPSA) is 115 Å². The molecule has 0 fully saturated rings. The van der Waals surface area contributed by atoms with Gasteiger partial charge >= 0.3 is 0 Å². The third kappa shape index (κ3) is 2.61. The highest BCUT2D eigenvalue weighted by Crippen LogP contribution is 2.23. The van der Waals surface area contributed by atoms with Crippen molar-refractivity contribution in [1.29, 1.82) is 0 Å². The zero-order valence-corrected chi connectivity index (χ0v) is 11.8. The average Bonchev–Trinajstić information content (AvgIpc) is 2.94. The molecule has 9 heteroatoms. The fourth-order valence-corrected chi connectivity index (χ4v) is 2.99. The van der Waals surface area contributed by atoms with Gasteiger partial charge in [-0.05, 0) is 18.2 Å². The molecule has 1 aromatic heterocycles. The second-order valence-corrected chi connectivity index (χ2v) is 6.08. The third-order valence-corrected chi connectivity index (χ3v) is 4.30. The minimum Gasteiger partial charge on any atom is -0.443 e. The largest absolute Gasteiger partial charge is 0.443 e. The molecule has 3 aromatic rings. The summed E-state index contributed by atoms with van der Waals surface area (Å²) >= 11 is 0. The Morgan fingerprint density at radius 3 is 2.77 bits per heavy atom. The molecule has 0 aliphatic carbocycles. The highest BCUT2D eigenvalue weighted by atomic mass is 32.2. The highest BCUT2D eigenvalue weighted by Gasteiger charge is 2.18. The number of anilines is 1. The molecule has 8 nitrogen and oxygen atoms in total. The van der Waals surface area contributed by atoms with Crippen LogP contribution in [0.5, 0.6) is 0 Å². The minimum absolute atomic E-state index is 0.195. The number of non-ortho nitro benzene ring substituents is 1. The van der Waals surface area contributed by atoms with Crippen LogP contribution in [0.2, 0.25) is 0 Å². The Labute approximate surface area is 124 Å². The van der Waals surface area contributed by atoms with Gasteiger partial charge in [-0.15, -0.1) is 0 Å². The van der Waals surface area contributed by atoms with Crippen molar-refractivity contribution in [2.24, 2.45) is 0 Å². The summed E-state index contributed by atoms with van der Waals surface area (Å²) in [4.78, 5) is 13.8. The first-order valence-corrected chi connectivity index (χ1v) is 7.54. The zero-order chi connectivity index (χ0) is 15.7. The number of nitro groups is 1. The van der Waals surface area contributed by atoms with Crippen LogP contribution >= 0.6 is 0 Å². The van der Waals surface area contributed by atoms with Crippen molar-refractivity contribution in [3.05, 3.63) is 59.0 Å². The Morgan fingerprint density at radius 2 is 2.00 bits per heavy atom. The third-order valence-electron chi connectivity index (χ3n) is 2.92. The maximum atomic E-state index is 12.3. The molecule has 3 rings (SSSR count). The van der Waals surface area contributed by atoms with Gasteiger partial charge in [-0.2, -0.15) is 0 Å². The molecular formula is C13H9N3O5S. The molecule has 0 atom stereocenters. The van der Waals surface area contributed by atoms with Crippen LogP contribution in [0.25, 0.3) is 11.1 Å². The molecule has 0 bridgehead atoms. The maximum absolute atomic E-state index is 12.3. The average molecular weight is 319 g/mol. The lowest BCUT2D eigenvalue weighted by Crippen LogP contribution is -2.13. The van der Waals surface area contributed by atoms with Crippen molar-refractivity contribution in [3.63, 3.8) is 0 Å². The zero-order valence-electron chi connectivity index (χ0n) is 11.0. The van der Waals surface area contributed by atoms with Gasteiger partial charge in [0.15, 0.2) is 12.0 Å². The normalized spacial score (nSPS) is 11.5. The van der Waals surface area contributed by atoms with Crippen molar-refractivity contribution in [2.75, 3.05) is 4.72 Å². The Morgan fingerprint density at radius 1 is 1.18 bits per heavy atom. The molecule has 0 radical (unpaired) electrons. The Kier molecular flexibility index (Phi) is 3.26. The first kappa shape index (κ1) is 14.0. The first-order chi connectivity index (χ1) is 10.5. The fraction of sp³-hybridized carbons (Fsp3) is 0. The molecule has 1 N–H and O–H groups in total. The molecule has 0 amide bonds. The smallest absolute Gasteiger partial charge is 0.270 e. The molecule has 0 aliphatic heterocycles. The lowest BCUT2D eigenvalue weighted by Gasteiger charge is -2.07. The summed E-state index contributed by atoms with van der Waals surface area (Å²) in [7, 11) is -3.94. The summed E-state index contributed by atoms with van der Waals surface area (Å²) in [6.45, 7) is 0. The van der Waals surface area contributed by atoms with Crippen LogP contribution in [-0.2, 0) is 10.0 Å². The van der Waals surface area contributed by atoms with E-state index in [4.69, 9.17) is 4.42 Å². The van der Waals surface area contributed by atoms with E-state index in [0.29, 0.717) is 11.1 Å². The summed E-state index contributed by atoms with van der Waals surface area (Å²) in [5.74, 6) is 0. The number of fused-ring (bicyclic) bond motifs is 1. The number of nitro benzene ring substituents is 1. The van der Waals surface area contributed by atoms with E-state index >= 15 is 0 Å². The van der Waals surface area contributed by atoms with Crippen LogP contribution in [0.1, 0.15) is 0 Å². The summed E-state index contributed by atoms with van der Waals surface area (Å²) in [5.41, 5.74) is 1.00. The molecule has 22 heavy (non-hydrogen) atoms. The van der Waals surface area contributed by atoms with E-state index in [1.807, 2.05) is 0 Å². The van der Waals surface area contributed by atoms with Gasteiger partial charge in [-0.25, -0.2) is 13.4 Å². The SMILES string of the molecule is O=[N+]([O-])c1cccc(S(=O)(=O)Nc2ccc3ncoc3c2)c1. The fourth-order valence-electron chi connectivity index (χ4n) is 1.90. The van der Waals surface area contributed by atoms with Crippen molar-refractivity contribution in [1.82, 2.24) is 4.98 Å². The quantitative estimate of drug-likeness (QED) is 0.583. The highest BCUT2D eigenvalue weighted by molar-refractivity contribution is 7.92. The number of nitrogens with one attached hydrogen (secondary N) is 1. The van der Waals surface area contributed by atoms with E-state index in [1.165, 1.54) is 36.7 Å². The van der Waals surface area contributed by atoms with Crippen molar-refractivity contribution in [3.8, 4) is 0 Å². The van der Waals surface area contributed by atoms with Crippen LogP contribution in [0.3, 0.4) is 0 Å². The van der Waals surface area contributed by atoms with Gasteiger partial charge in [0.05, 0.1) is 15.5 Å². The van der Waals surface area contributed by atoms with Crippen LogP contribution in [0.4, 0.5) is 11.4 Å². The Bertz CT molecular complexity index is 964. The monoisotopic (exact) mass is 319 g/mol. The summed E-state index contributed by atoms with van der Waals surface area (Å²) in [5, 5.41) is 10.7. The number of rotatable bonds is 4. The van der Waals surface area contributed by atoms with Crippen LogP contribution < -0.4 is 4.72 Å². The number of hydrogen-bond donors (Lipinski definition) is 1. The van der Waals surface area contributed by atoms with E-state index < -0.39 is 14.9 Å². The van der Waals surface area contributed by atoms with Crippen molar-refractivity contribution in [2.45, 2.75) is 4.90 Å². The molecule has 0 saturated heterocycles. The van der Waals surface area contributed by atoms with E-state index in [9.17, 15) is 18.5 Å². The van der Waals surface area contributed by atoms with Crippen molar-refractivity contribution >= 4 is 32.5 Å². The molecule has 0 spiro atoms. The first-order valence-electron chi connectivity index (χ1n) is 6.06. The van der Waals surface area contributed by atoms with Crippen LogP contribution in [-0.4, -0.2) is 18.3 Å². The predicted molar refractivity (Wildman–Crippen MR) is 77.9 cm³/mol. The van der Waals surface area contributed by atoms with Gasteiger partial charge in [0, 0.05) is 18.2 Å².